The van der Waals surface area contributed by atoms with Gasteiger partial charge in [-0.2, -0.15) is 0 Å². The Kier molecular flexibility index (Phi) is 3.37. The van der Waals surface area contributed by atoms with Crippen LogP contribution < -0.4 is 5.32 Å². The van der Waals surface area contributed by atoms with E-state index in [1.807, 2.05) is 24.3 Å². The van der Waals surface area contributed by atoms with Crippen molar-refractivity contribution in [2.75, 3.05) is 0 Å². The van der Waals surface area contributed by atoms with Crippen molar-refractivity contribution in [1.29, 1.82) is 0 Å². The summed E-state index contributed by atoms with van der Waals surface area (Å²) in [6.07, 6.45) is 3.33. The van der Waals surface area contributed by atoms with E-state index in [9.17, 15) is 0 Å². The van der Waals surface area contributed by atoms with Gasteiger partial charge in [-0.3, -0.25) is 0 Å². The molecule has 0 bridgehead atoms. The van der Waals surface area contributed by atoms with Crippen LogP contribution in [0.5, 0.6) is 0 Å². The predicted octanol–water partition coefficient (Wildman–Crippen LogP) is 2.62. The Morgan fingerprint density at radius 2 is 2.13 bits per heavy atom. The van der Waals surface area contributed by atoms with E-state index in [1.165, 1.54) is 5.56 Å². The molecule has 1 N–H and O–H groups in total. The van der Waals surface area contributed by atoms with E-state index in [1.54, 1.807) is 12.5 Å². The Hall–Kier alpha value is -1.32. The van der Waals surface area contributed by atoms with Gasteiger partial charge in [-0.25, -0.2) is 0 Å². The van der Waals surface area contributed by atoms with E-state index in [0.717, 1.165) is 23.7 Å². The second-order valence-electron chi connectivity index (χ2n) is 3.27. The molecule has 0 fully saturated rings. The first-order valence-corrected chi connectivity index (χ1v) is 5.06. The molecule has 78 valence electrons. The van der Waals surface area contributed by atoms with E-state index >= 15 is 0 Å². The van der Waals surface area contributed by atoms with Crippen LogP contribution in [0.25, 0.3) is 0 Å². The van der Waals surface area contributed by atoms with Gasteiger partial charge >= 0.3 is 0 Å². The zero-order valence-electron chi connectivity index (χ0n) is 8.11. The molecule has 0 aliphatic carbocycles. The third kappa shape index (κ3) is 3.08. The fourth-order valence-corrected chi connectivity index (χ4v) is 1.52. The molecule has 0 spiro atoms. The molecule has 0 atom stereocenters. The van der Waals surface area contributed by atoms with Crippen LogP contribution in [0.1, 0.15) is 11.1 Å². The molecule has 1 aromatic heterocycles. The first kappa shape index (κ1) is 10.2. The highest BCUT2D eigenvalue weighted by Gasteiger charge is 1.96. The average molecular weight is 223 g/mol. The summed E-state index contributed by atoms with van der Waals surface area (Å²) in [5.74, 6) is 0. The molecule has 15 heavy (non-hydrogen) atoms. The van der Waals surface area contributed by atoms with Crippen molar-refractivity contribution >= 4 is 11.6 Å². The summed E-state index contributed by atoms with van der Waals surface area (Å²) in [5, 5.41) is 7.66. The van der Waals surface area contributed by atoms with Crippen molar-refractivity contribution in [3.8, 4) is 0 Å². The Morgan fingerprint density at radius 1 is 1.27 bits per heavy atom. The monoisotopic (exact) mass is 222 g/mol. The maximum atomic E-state index is 5.87. The lowest BCUT2D eigenvalue weighted by Crippen LogP contribution is -2.11. The van der Waals surface area contributed by atoms with E-state index in [4.69, 9.17) is 16.1 Å². The minimum Gasteiger partial charge on any atom is -0.364 e. The van der Waals surface area contributed by atoms with Crippen molar-refractivity contribution in [3.63, 3.8) is 0 Å². The fraction of sp³-hybridized carbons (Fsp3) is 0.182. The van der Waals surface area contributed by atoms with E-state index < -0.39 is 0 Å². The Balaban J connectivity index is 1.83. The predicted molar refractivity (Wildman–Crippen MR) is 58.5 cm³/mol. The van der Waals surface area contributed by atoms with Gasteiger partial charge in [-0.1, -0.05) is 28.9 Å². The van der Waals surface area contributed by atoms with Gasteiger partial charge in [0.15, 0.2) is 0 Å². The smallest absolute Gasteiger partial charge is 0.128 e. The number of hydrogen-bond acceptors (Lipinski definition) is 3. The number of nitrogens with one attached hydrogen (secondary N) is 1. The lowest BCUT2D eigenvalue weighted by molar-refractivity contribution is 0.418. The molecule has 0 amide bonds. The van der Waals surface area contributed by atoms with Gasteiger partial charge in [0.2, 0.25) is 0 Å². The summed E-state index contributed by atoms with van der Waals surface area (Å²) in [4.78, 5) is 0. The standard InChI is InChI=1S/C11H11ClN2O/c12-11-3-1-2-9(4-11)5-13-6-10-7-14-15-8-10/h1-4,7-8,13H,5-6H2. The largest absolute Gasteiger partial charge is 0.364 e. The molecule has 0 saturated heterocycles. The summed E-state index contributed by atoms with van der Waals surface area (Å²) in [6.45, 7) is 1.53. The number of benzene rings is 1. The van der Waals surface area contributed by atoms with Gasteiger partial charge < -0.3 is 9.84 Å². The number of nitrogens with zero attached hydrogens (tertiary/aromatic N) is 1. The van der Waals surface area contributed by atoms with Crippen LogP contribution in [-0.2, 0) is 13.1 Å². The Morgan fingerprint density at radius 3 is 2.87 bits per heavy atom. The van der Waals surface area contributed by atoms with Crippen LogP contribution in [0.2, 0.25) is 5.02 Å². The molecule has 4 heteroatoms. The molecule has 0 saturated carbocycles. The third-order valence-electron chi connectivity index (χ3n) is 2.03. The van der Waals surface area contributed by atoms with Crippen LogP contribution in [-0.4, -0.2) is 5.16 Å². The molecule has 0 unspecified atom stereocenters. The van der Waals surface area contributed by atoms with Gasteiger partial charge in [-0.15, -0.1) is 0 Å². The van der Waals surface area contributed by atoms with Crippen molar-refractivity contribution in [2.24, 2.45) is 0 Å². The molecule has 2 rings (SSSR count). The topological polar surface area (TPSA) is 38.1 Å². The van der Waals surface area contributed by atoms with E-state index in [2.05, 4.69) is 10.5 Å². The third-order valence-corrected chi connectivity index (χ3v) is 2.27. The molecular weight excluding hydrogens is 212 g/mol. The minimum atomic E-state index is 0.746. The second kappa shape index (κ2) is 4.96. The fourth-order valence-electron chi connectivity index (χ4n) is 1.31. The van der Waals surface area contributed by atoms with Gasteiger partial charge in [0.05, 0.1) is 6.20 Å². The molecular formula is C11H11ClN2O. The Labute approximate surface area is 93.0 Å². The molecule has 0 radical (unpaired) electrons. The first-order valence-electron chi connectivity index (χ1n) is 4.68. The SMILES string of the molecule is Clc1cccc(CNCc2cnoc2)c1. The summed E-state index contributed by atoms with van der Waals surface area (Å²) in [6, 6.07) is 7.79. The molecule has 0 aliphatic rings. The van der Waals surface area contributed by atoms with Crippen molar-refractivity contribution in [1.82, 2.24) is 10.5 Å². The van der Waals surface area contributed by atoms with Crippen molar-refractivity contribution < 1.29 is 4.52 Å². The van der Waals surface area contributed by atoms with Crippen molar-refractivity contribution in [3.05, 3.63) is 52.9 Å². The normalized spacial score (nSPS) is 10.5. The van der Waals surface area contributed by atoms with Crippen LogP contribution in [0, 0.1) is 0 Å². The number of halogens is 1. The van der Waals surface area contributed by atoms with Gasteiger partial charge in [0, 0.05) is 23.7 Å². The average Bonchev–Trinajstić information content (AvgIpc) is 2.71. The van der Waals surface area contributed by atoms with Crippen LogP contribution in [0.3, 0.4) is 0 Å². The lowest BCUT2D eigenvalue weighted by atomic mass is 10.2. The molecule has 0 aliphatic heterocycles. The highest BCUT2D eigenvalue weighted by molar-refractivity contribution is 6.30. The maximum Gasteiger partial charge on any atom is 0.128 e. The summed E-state index contributed by atoms with van der Waals surface area (Å²) < 4.78 is 4.73. The zero-order chi connectivity index (χ0) is 10.5. The van der Waals surface area contributed by atoms with E-state index in [-0.39, 0.29) is 0 Å². The first-order chi connectivity index (χ1) is 7.34. The number of rotatable bonds is 4. The number of hydrogen-bond donors (Lipinski definition) is 1. The summed E-state index contributed by atoms with van der Waals surface area (Å²) in [7, 11) is 0. The molecule has 2 aromatic rings. The van der Waals surface area contributed by atoms with Gasteiger partial charge in [0.25, 0.3) is 0 Å². The van der Waals surface area contributed by atoms with Crippen LogP contribution in [0.4, 0.5) is 0 Å². The Bertz CT molecular complexity index is 414. The van der Waals surface area contributed by atoms with Gasteiger partial charge in [0.1, 0.15) is 6.26 Å². The second-order valence-corrected chi connectivity index (χ2v) is 3.70. The minimum absolute atomic E-state index is 0.746. The lowest BCUT2D eigenvalue weighted by Gasteiger charge is -2.03. The summed E-state index contributed by atoms with van der Waals surface area (Å²) >= 11 is 5.87. The highest BCUT2D eigenvalue weighted by Crippen LogP contribution is 2.10. The van der Waals surface area contributed by atoms with E-state index in [0.29, 0.717) is 0 Å². The van der Waals surface area contributed by atoms with Crippen LogP contribution in [0.15, 0.2) is 41.2 Å². The summed E-state index contributed by atoms with van der Waals surface area (Å²) in [5.41, 5.74) is 2.20. The highest BCUT2D eigenvalue weighted by atomic mass is 35.5. The maximum absolute atomic E-state index is 5.87. The van der Waals surface area contributed by atoms with Crippen LogP contribution >= 0.6 is 11.6 Å². The molecule has 1 aromatic carbocycles. The van der Waals surface area contributed by atoms with Crippen molar-refractivity contribution in [2.45, 2.75) is 13.1 Å². The van der Waals surface area contributed by atoms with Gasteiger partial charge in [-0.05, 0) is 17.7 Å². The molecule has 1 heterocycles. The quantitative estimate of drug-likeness (QED) is 0.864. The number of aromatic nitrogens is 1. The molecule has 3 nitrogen and oxygen atoms in total. The zero-order valence-corrected chi connectivity index (χ0v) is 8.87.